The molecule has 0 amide bonds. The second kappa shape index (κ2) is 23.2. The fourth-order valence-electron chi connectivity index (χ4n) is 5.30. The molecule has 12 atom stereocenters. The molecule has 0 aromatic heterocycles. The number of hydrogen-bond donors (Lipinski definition) is 10. The van der Waals surface area contributed by atoms with E-state index in [-0.39, 0.29) is 32.1 Å². The average Bonchev–Trinajstić information content (AvgIpc) is 2.98. The predicted molar refractivity (Wildman–Crippen MR) is 177 cm³/mol. The van der Waals surface area contributed by atoms with Crippen LogP contribution < -0.4 is 0 Å². The van der Waals surface area contributed by atoms with Gasteiger partial charge in [0.15, 0.2) is 0 Å². The van der Waals surface area contributed by atoms with E-state index in [1.807, 2.05) is 6.92 Å². The molecule has 10 N–H and O–H groups in total. The molecule has 0 aliphatic carbocycles. The molecule has 0 saturated heterocycles. The Morgan fingerprint density at radius 2 is 1.21 bits per heavy atom. The van der Waals surface area contributed by atoms with E-state index in [4.69, 9.17) is 4.74 Å². The fraction of sp³-hybridized carbons (Fsp3) is 0.686. The molecule has 0 saturated carbocycles. The summed E-state index contributed by atoms with van der Waals surface area (Å²) >= 11 is 0. The van der Waals surface area contributed by atoms with Crippen LogP contribution in [0.4, 0.5) is 0 Å². The number of cyclic esters (lactones) is 1. The van der Waals surface area contributed by atoms with E-state index in [1.165, 1.54) is 13.0 Å². The summed E-state index contributed by atoms with van der Waals surface area (Å²) in [4.78, 5) is 13.1. The Bertz CT molecular complexity index is 1020. The van der Waals surface area contributed by atoms with Gasteiger partial charge in [-0.25, -0.2) is 0 Å². The molecular formula is C35H58O12. The third-order valence-corrected chi connectivity index (χ3v) is 8.17. The largest absolute Gasteiger partial charge is 0.459 e. The van der Waals surface area contributed by atoms with Gasteiger partial charge in [0.25, 0.3) is 0 Å². The van der Waals surface area contributed by atoms with Crippen molar-refractivity contribution in [2.45, 2.75) is 146 Å². The molecule has 0 aromatic carbocycles. The van der Waals surface area contributed by atoms with Crippen molar-refractivity contribution in [2.75, 3.05) is 0 Å². The Morgan fingerprint density at radius 3 is 1.77 bits per heavy atom. The lowest BCUT2D eigenvalue weighted by Crippen LogP contribution is -2.43. The number of aliphatic hydroxyl groups is 10. The number of carbonyl (C=O) groups excluding carboxylic acids is 1. The van der Waals surface area contributed by atoms with E-state index < -0.39 is 85.5 Å². The Kier molecular flexibility index (Phi) is 21.1. The van der Waals surface area contributed by atoms with Crippen molar-refractivity contribution in [3.8, 4) is 0 Å². The van der Waals surface area contributed by atoms with Crippen LogP contribution in [0.25, 0.3) is 0 Å². The second-order valence-electron chi connectivity index (χ2n) is 12.5. The molecule has 0 aromatic rings. The van der Waals surface area contributed by atoms with Gasteiger partial charge >= 0.3 is 5.97 Å². The molecule has 1 aliphatic heterocycles. The third kappa shape index (κ3) is 17.1. The predicted octanol–water partition coefficient (Wildman–Crippen LogP) is 0.859. The van der Waals surface area contributed by atoms with Gasteiger partial charge in [-0.15, -0.1) is 0 Å². The topological polar surface area (TPSA) is 229 Å². The first kappa shape index (κ1) is 42.8. The standard InChI is InChI=1S/C35H58O12/c1-4-5-11-16-29(41)32-30(42)20-26(38)18-24(36)17-25(37)19-27(39)21-31(43)34(45)33(44)22(2)14-12-9-7-6-8-10-13-15-28(40)23(3)47-35(32)46/h6-10,12-15,23-34,36-45H,4-5,11,16-21H2,1-3H3/b7-6+,10-8+,12-9+,15-13+,22-14+. The molecule has 1 rings (SSSR count). The highest BCUT2D eigenvalue weighted by Gasteiger charge is 2.37. The fourth-order valence-corrected chi connectivity index (χ4v) is 5.30. The Hall–Kier alpha value is -2.23. The van der Waals surface area contributed by atoms with Crippen molar-refractivity contribution >= 4 is 5.97 Å². The average molecular weight is 671 g/mol. The summed E-state index contributed by atoms with van der Waals surface area (Å²) in [5.41, 5.74) is 0.357. The van der Waals surface area contributed by atoms with Crippen LogP contribution in [0.1, 0.15) is 78.6 Å². The van der Waals surface area contributed by atoms with Gasteiger partial charge < -0.3 is 55.8 Å². The van der Waals surface area contributed by atoms with Gasteiger partial charge in [-0.1, -0.05) is 80.9 Å². The monoisotopic (exact) mass is 670 g/mol. The lowest BCUT2D eigenvalue weighted by Gasteiger charge is -2.30. The minimum atomic E-state index is -1.61. The van der Waals surface area contributed by atoms with Crippen molar-refractivity contribution in [2.24, 2.45) is 5.92 Å². The SMILES string of the molecule is CCCCCC(O)C1C(=O)OC(C)C(O)/C=C/C=C/C=C/C=C/C=C(\C)C(O)C(O)C(O)CC(O)CC(O)CC(O)CC(O)CC1O. The maximum Gasteiger partial charge on any atom is 0.314 e. The van der Waals surface area contributed by atoms with Crippen LogP contribution >= 0.6 is 0 Å². The molecule has 12 heteroatoms. The summed E-state index contributed by atoms with van der Waals surface area (Å²) in [6, 6.07) is 0. The van der Waals surface area contributed by atoms with E-state index in [9.17, 15) is 55.9 Å². The van der Waals surface area contributed by atoms with Gasteiger partial charge in [0, 0.05) is 12.8 Å². The Labute approximate surface area is 278 Å². The molecule has 12 unspecified atom stereocenters. The molecule has 0 radical (unpaired) electrons. The summed E-state index contributed by atoms with van der Waals surface area (Å²) in [6.45, 7) is 5.00. The highest BCUT2D eigenvalue weighted by atomic mass is 16.6. The van der Waals surface area contributed by atoms with Crippen molar-refractivity contribution < 1.29 is 60.6 Å². The number of esters is 1. The zero-order valence-corrected chi connectivity index (χ0v) is 27.8. The maximum absolute atomic E-state index is 13.1. The maximum atomic E-state index is 13.1. The number of hydrogen-bond acceptors (Lipinski definition) is 12. The van der Waals surface area contributed by atoms with Crippen molar-refractivity contribution in [1.82, 2.24) is 0 Å². The van der Waals surface area contributed by atoms with Gasteiger partial charge in [0.1, 0.15) is 30.3 Å². The molecule has 1 heterocycles. The lowest BCUT2D eigenvalue weighted by atomic mass is 9.87. The first-order valence-electron chi connectivity index (χ1n) is 16.5. The van der Waals surface area contributed by atoms with Gasteiger partial charge in [-0.3, -0.25) is 4.79 Å². The highest BCUT2D eigenvalue weighted by Crippen LogP contribution is 2.24. The molecule has 0 bridgehead atoms. The number of aliphatic hydroxyl groups excluding tert-OH is 10. The number of ether oxygens (including phenoxy) is 1. The quantitative estimate of drug-likeness (QED) is 0.145. The number of rotatable bonds is 5. The molecule has 0 spiro atoms. The van der Waals surface area contributed by atoms with Gasteiger partial charge in [0.05, 0.1) is 42.7 Å². The summed E-state index contributed by atoms with van der Waals surface area (Å²) in [7, 11) is 0. The zero-order chi connectivity index (χ0) is 35.5. The van der Waals surface area contributed by atoms with Gasteiger partial charge in [-0.2, -0.15) is 0 Å². The van der Waals surface area contributed by atoms with Crippen molar-refractivity contribution in [3.05, 3.63) is 60.3 Å². The third-order valence-electron chi connectivity index (χ3n) is 8.17. The van der Waals surface area contributed by atoms with E-state index in [2.05, 4.69) is 0 Å². The van der Waals surface area contributed by atoms with Crippen LogP contribution in [0, 0.1) is 5.92 Å². The Balaban J connectivity index is 3.19. The van der Waals surface area contributed by atoms with Crippen LogP contribution in [-0.2, 0) is 9.53 Å². The minimum Gasteiger partial charge on any atom is -0.459 e. The van der Waals surface area contributed by atoms with E-state index in [1.54, 1.807) is 55.5 Å². The Morgan fingerprint density at radius 1 is 0.723 bits per heavy atom. The van der Waals surface area contributed by atoms with Crippen molar-refractivity contribution in [1.29, 1.82) is 0 Å². The normalized spacial score (nSPS) is 39.6. The van der Waals surface area contributed by atoms with Crippen LogP contribution in [0.2, 0.25) is 0 Å². The first-order valence-corrected chi connectivity index (χ1v) is 16.5. The van der Waals surface area contributed by atoms with Gasteiger partial charge in [-0.05, 0) is 45.1 Å². The minimum absolute atomic E-state index is 0.197. The zero-order valence-electron chi connectivity index (χ0n) is 27.8. The lowest BCUT2D eigenvalue weighted by molar-refractivity contribution is -0.168. The molecular weight excluding hydrogens is 612 g/mol. The van der Waals surface area contributed by atoms with E-state index in [0.29, 0.717) is 12.0 Å². The molecule has 0 fully saturated rings. The first-order chi connectivity index (χ1) is 22.2. The number of unbranched alkanes of at least 4 members (excludes halogenated alkanes) is 2. The molecule has 12 nitrogen and oxygen atoms in total. The molecule has 47 heavy (non-hydrogen) atoms. The summed E-state index contributed by atoms with van der Waals surface area (Å²) in [5, 5.41) is 105. The summed E-state index contributed by atoms with van der Waals surface area (Å²) < 4.78 is 5.41. The van der Waals surface area contributed by atoms with Crippen LogP contribution in [-0.4, -0.2) is 124 Å². The molecule has 270 valence electrons. The van der Waals surface area contributed by atoms with Gasteiger partial charge in [0.2, 0.25) is 0 Å². The molecule has 1 aliphatic rings. The summed E-state index contributed by atoms with van der Waals surface area (Å²) in [5.74, 6) is -2.37. The number of allylic oxidation sites excluding steroid dienone is 8. The summed E-state index contributed by atoms with van der Waals surface area (Å²) in [6.07, 6.45) is 0.559. The highest BCUT2D eigenvalue weighted by molar-refractivity contribution is 5.74. The van der Waals surface area contributed by atoms with Crippen LogP contribution in [0.15, 0.2) is 60.3 Å². The second-order valence-corrected chi connectivity index (χ2v) is 12.5. The van der Waals surface area contributed by atoms with E-state index >= 15 is 0 Å². The number of carbonyl (C=O) groups is 1. The van der Waals surface area contributed by atoms with E-state index in [0.717, 1.165) is 12.8 Å². The van der Waals surface area contributed by atoms with Crippen LogP contribution in [0.5, 0.6) is 0 Å². The van der Waals surface area contributed by atoms with Crippen LogP contribution in [0.3, 0.4) is 0 Å². The smallest absolute Gasteiger partial charge is 0.314 e. The van der Waals surface area contributed by atoms with Crippen molar-refractivity contribution in [3.63, 3.8) is 0 Å².